The summed E-state index contributed by atoms with van der Waals surface area (Å²) < 4.78 is 25.6. The first kappa shape index (κ1) is 13.3. The first-order valence-electron chi connectivity index (χ1n) is 6.42. The number of phenols is 1. The maximum atomic E-state index is 12.8. The molecule has 2 rings (SSSR count). The molecule has 1 unspecified atom stereocenters. The van der Waals surface area contributed by atoms with E-state index in [0.29, 0.717) is 11.6 Å². The van der Waals surface area contributed by atoms with Crippen LogP contribution in [-0.2, 0) is 6.42 Å². The summed E-state index contributed by atoms with van der Waals surface area (Å²) in [6.07, 6.45) is 1.59. The Labute approximate surface area is 106 Å². The lowest BCUT2D eigenvalue weighted by molar-refractivity contribution is 0.147. The number of hydrogen-bond acceptors (Lipinski definition) is 2. The van der Waals surface area contributed by atoms with Gasteiger partial charge in [-0.25, -0.2) is 8.78 Å². The molecule has 0 bridgehead atoms. The molecule has 1 fully saturated rings. The van der Waals surface area contributed by atoms with Crippen LogP contribution in [0.15, 0.2) is 12.1 Å². The smallest absolute Gasteiger partial charge is 0.267 e. The Kier molecular flexibility index (Phi) is 4.17. The second-order valence-corrected chi connectivity index (χ2v) is 5.00. The average Bonchev–Trinajstić information content (AvgIpc) is 2.34. The molecule has 1 aromatic carbocycles. The van der Waals surface area contributed by atoms with Gasteiger partial charge in [0, 0.05) is 6.04 Å². The minimum absolute atomic E-state index is 0.249. The number of benzene rings is 1. The van der Waals surface area contributed by atoms with Gasteiger partial charge in [0.25, 0.3) is 6.43 Å². The molecular formula is C14H19F2NO. The van der Waals surface area contributed by atoms with Crippen molar-refractivity contribution in [3.63, 3.8) is 0 Å². The summed E-state index contributed by atoms with van der Waals surface area (Å²) in [5.41, 5.74) is 1.15. The molecule has 1 aliphatic heterocycles. The van der Waals surface area contributed by atoms with Gasteiger partial charge in [0.05, 0.1) is 5.56 Å². The van der Waals surface area contributed by atoms with Crippen molar-refractivity contribution in [1.82, 2.24) is 5.32 Å². The highest BCUT2D eigenvalue weighted by Crippen LogP contribution is 2.32. The zero-order chi connectivity index (χ0) is 13.1. The summed E-state index contributed by atoms with van der Waals surface area (Å²) >= 11 is 0. The van der Waals surface area contributed by atoms with Gasteiger partial charge < -0.3 is 10.4 Å². The van der Waals surface area contributed by atoms with E-state index in [1.165, 1.54) is 18.9 Å². The van der Waals surface area contributed by atoms with Crippen LogP contribution in [0.2, 0.25) is 0 Å². The molecule has 0 aromatic heterocycles. The molecule has 2 nitrogen and oxygen atoms in total. The second kappa shape index (κ2) is 5.65. The maximum Gasteiger partial charge on any atom is 0.267 e. The van der Waals surface area contributed by atoms with E-state index in [0.717, 1.165) is 24.9 Å². The molecule has 18 heavy (non-hydrogen) atoms. The molecule has 0 saturated carbocycles. The van der Waals surface area contributed by atoms with Crippen LogP contribution in [0.25, 0.3) is 0 Å². The van der Waals surface area contributed by atoms with Gasteiger partial charge >= 0.3 is 0 Å². The van der Waals surface area contributed by atoms with Crippen molar-refractivity contribution in [3.8, 4) is 5.75 Å². The van der Waals surface area contributed by atoms with E-state index in [1.54, 1.807) is 13.0 Å². The highest BCUT2D eigenvalue weighted by Gasteiger charge is 2.18. The zero-order valence-electron chi connectivity index (χ0n) is 10.5. The second-order valence-electron chi connectivity index (χ2n) is 5.00. The molecule has 0 radical (unpaired) electrons. The maximum absolute atomic E-state index is 12.8. The Hall–Kier alpha value is -1.16. The van der Waals surface area contributed by atoms with Crippen LogP contribution in [0.3, 0.4) is 0 Å². The fourth-order valence-electron chi connectivity index (χ4n) is 2.55. The molecule has 0 amide bonds. The SMILES string of the molecule is Cc1cc(CC2CCCCN2)cc(C(F)F)c1O. The lowest BCUT2D eigenvalue weighted by atomic mass is 9.95. The number of alkyl halides is 2. The minimum Gasteiger partial charge on any atom is -0.507 e. The van der Waals surface area contributed by atoms with E-state index in [-0.39, 0.29) is 11.3 Å². The van der Waals surface area contributed by atoms with Gasteiger partial charge in [-0.05, 0) is 49.9 Å². The Morgan fingerprint density at radius 3 is 2.78 bits per heavy atom. The fourth-order valence-corrected chi connectivity index (χ4v) is 2.55. The number of rotatable bonds is 3. The van der Waals surface area contributed by atoms with Gasteiger partial charge in [0.1, 0.15) is 5.75 Å². The summed E-state index contributed by atoms with van der Waals surface area (Å²) in [7, 11) is 0. The predicted molar refractivity (Wildman–Crippen MR) is 67.1 cm³/mol. The van der Waals surface area contributed by atoms with Crippen molar-refractivity contribution in [3.05, 3.63) is 28.8 Å². The molecule has 2 N–H and O–H groups in total. The number of piperidine rings is 1. The van der Waals surface area contributed by atoms with Crippen LogP contribution in [-0.4, -0.2) is 17.7 Å². The molecule has 1 aliphatic rings. The highest BCUT2D eigenvalue weighted by atomic mass is 19.3. The van der Waals surface area contributed by atoms with Crippen LogP contribution in [0, 0.1) is 6.92 Å². The van der Waals surface area contributed by atoms with Crippen molar-refractivity contribution >= 4 is 0 Å². The van der Waals surface area contributed by atoms with Crippen LogP contribution < -0.4 is 5.32 Å². The molecule has 1 atom stereocenters. The van der Waals surface area contributed by atoms with Crippen LogP contribution in [0.1, 0.15) is 42.4 Å². The Morgan fingerprint density at radius 2 is 2.17 bits per heavy atom. The summed E-state index contributed by atoms with van der Waals surface area (Å²) in [5.74, 6) is -0.273. The molecule has 1 heterocycles. The monoisotopic (exact) mass is 255 g/mol. The Balaban J connectivity index is 2.17. The van der Waals surface area contributed by atoms with Gasteiger partial charge in [0.15, 0.2) is 0 Å². The largest absolute Gasteiger partial charge is 0.507 e. The van der Waals surface area contributed by atoms with Crippen molar-refractivity contribution in [2.75, 3.05) is 6.54 Å². The van der Waals surface area contributed by atoms with E-state index in [1.807, 2.05) is 0 Å². The molecule has 0 aliphatic carbocycles. The molecular weight excluding hydrogens is 236 g/mol. The van der Waals surface area contributed by atoms with E-state index in [2.05, 4.69) is 5.32 Å². The van der Waals surface area contributed by atoms with Crippen LogP contribution in [0.5, 0.6) is 5.75 Å². The van der Waals surface area contributed by atoms with Crippen molar-refractivity contribution < 1.29 is 13.9 Å². The molecule has 1 aromatic rings. The normalized spacial score (nSPS) is 20.3. The first-order valence-corrected chi connectivity index (χ1v) is 6.42. The topological polar surface area (TPSA) is 32.3 Å². The average molecular weight is 255 g/mol. The third-order valence-electron chi connectivity index (χ3n) is 3.52. The Morgan fingerprint density at radius 1 is 1.39 bits per heavy atom. The van der Waals surface area contributed by atoms with E-state index < -0.39 is 6.43 Å². The number of hydrogen-bond donors (Lipinski definition) is 2. The standard InChI is InChI=1S/C14H19F2NO/c1-9-6-10(7-11-4-2-3-5-17-11)8-12(13(9)18)14(15)16/h6,8,11,14,17-18H,2-5,7H2,1H3. The first-order chi connectivity index (χ1) is 8.58. The van der Waals surface area contributed by atoms with E-state index >= 15 is 0 Å². The lowest BCUT2D eigenvalue weighted by Crippen LogP contribution is -2.35. The van der Waals surface area contributed by atoms with Gasteiger partial charge in [-0.15, -0.1) is 0 Å². The molecule has 0 spiro atoms. The fraction of sp³-hybridized carbons (Fsp3) is 0.571. The summed E-state index contributed by atoms with van der Waals surface area (Å²) in [4.78, 5) is 0. The molecule has 100 valence electrons. The van der Waals surface area contributed by atoms with Crippen molar-refractivity contribution in [2.24, 2.45) is 0 Å². The third kappa shape index (κ3) is 2.99. The number of aromatic hydroxyl groups is 1. The van der Waals surface area contributed by atoms with Gasteiger partial charge in [-0.1, -0.05) is 12.5 Å². The minimum atomic E-state index is -2.62. The van der Waals surface area contributed by atoms with Gasteiger partial charge in [-0.2, -0.15) is 0 Å². The van der Waals surface area contributed by atoms with Crippen LogP contribution >= 0.6 is 0 Å². The van der Waals surface area contributed by atoms with Gasteiger partial charge in [0.2, 0.25) is 0 Å². The summed E-state index contributed by atoms with van der Waals surface area (Å²) in [5, 5.41) is 13.0. The number of aryl methyl sites for hydroxylation is 1. The van der Waals surface area contributed by atoms with E-state index in [4.69, 9.17) is 0 Å². The zero-order valence-corrected chi connectivity index (χ0v) is 10.5. The molecule has 4 heteroatoms. The number of phenolic OH excluding ortho intramolecular Hbond substituents is 1. The quantitative estimate of drug-likeness (QED) is 0.868. The number of halogens is 2. The summed E-state index contributed by atoms with van der Waals surface area (Å²) in [6, 6.07) is 3.61. The number of nitrogens with one attached hydrogen (secondary N) is 1. The predicted octanol–water partition coefficient (Wildman–Crippen LogP) is 3.32. The van der Waals surface area contributed by atoms with Crippen molar-refractivity contribution in [1.29, 1.82) is 0 Å². The molecule has 1 saturated heterocycles. The summed E-state index contributed by atoms with van der Waals surface area (Å²) in [6.45, 7) is 2.67. The highest BCUT2D eigenvalue weighted by molar-refractivity contribution is 5.43. The van der Waals surface area contributed by atoms with E-state index in [9.17, 15) is 13.9 Å². The Bertz CT molecular complexity index is 415. The van der Waals surface area contributed by atoms with Crippen LogP contribution in [0.4, 0.5) is 8.78 Å². The van der Waals surface area contributed by atoms with Crippen molar-refractivity contribution in [2.45, 2.75) is 45.1 Å². The lowest BCUT2D eigenvalue weighted by Gasteiger charge is -2.24. The third-order valence-corrected chi connectivity index (χ3v) is 3.52. The van der Waals surface area contributed by atoms with Gasteiger partial charge in [-0.3, -0.25) is 0 Å².